The van der Waals surface area contributed by atoms with Gasteiger partial charge in [0.25, 0.3) is 0 Å². The van der Waals surface area contributed by atoms with Crippen LogP contribution in [-0.2, 0) is 6.42 Å². The fourth-order valence-corrected chi connectivity index (χ4v) is 1.82. The molecule has 0 aliphatic carbocycles. The van der Waals surface area contributed by atoms with Gasteiger partial charge in [-0.1, -0.05) is 31.5 Å². The summed E-state index contributed by atoms with van der Waals surface area (Å²) in [6, 6.07) is 9.62. The minimum Gasteiger partial charge on any atom is -0.322 e. The van der Waals surface area contributed by atoms with Crippen molar-refractivity contribution < 1.29 is 0 Å². The van der Waals surface area contributed by atoms with Crippen LogP contribution in [0.25, 0.3) is 10.9 Å². The monoisotopic (exact) mass is 201 g/mol. The highest BCUT2D eigenvalue weighted by Crippen LogP contribution is 2.16. The Labute approximate surface area is 89.0 Å². The summed E-state index contributed by atoms with van der Waals surface area (Å²) in [5.41, 5.74) is 2.22. The maximum atomic E-state index is 11.3. The van der Waals surface area contributed by atoms with Crippen molar-refractivity contribution >= 4 is 10.9 Å². The van der Waals surface area contributed by atoms with E-state index in [4.69, 9.17) is 0 Å². The molecular weight excluding hydrogens is 186 g/mol. The van der Waals surface area contributed by atoms with Crippen molar-refractivity contribution in [1.82, 2.24) is 4.98 Å². The second-order valence-electron chi connectivity index (χ2n) is 3.81. The Morgan fingerprint density at radius 3 is 2.87 bits per heavy atom. The van der Waals surface area contributed by atoms with E-state index in [-0.39, 0.29) is 5.56 Å². The van der Waals surface area contributed by atoms with Crippen LogP contribution in [0, 0.1) is 0 Å². The molecule has 2 rings (SSSR count). The lowest BCUT2D eigenvalue weighted by Crippen LogP contribution is -2.04. The zero-order valence-corrected chi connectivity index (χ0v) is 8.92. The highest BCUT2D eigenvalue weighted by atomic mass is 16.1. The predicted molar refractivity (Wildman–Crippen MR) is 63.2 cm³/mol. The molecule has 2 aromatic rings. The van der Waals surface area contributed by atoms with Gasteiger partial charge >= 0.3 is 0 Å². The highest BCUT2D eigenvalue weighted by molar-refractivity contribution is 5.81. The minimum absolute atomic E-state index is 0.0218. The first-order chi connectivity index (χ1) is 7.31. The molecule has 0 fully saturated rings. The lowest BCUT2D eigenvalue weighted by atomic mass is 10.0. The van der Waals surface area contributed by atoms with E-state index in [1.54, 1.807) is 6.07 Å². The van der Waals surface area contributed by atoms with Crippen molar-refractivity contribution in [3.8, 4) is 0 Å². The second-order valence-corrected chi connectivity index (χ2v) is 3.81. The third-order valence-electron chi connectivity index (χ3n) is 2.65. The average Bonchev–Trinajstić information content (AvgIpc) is 2.26. The van der Waals surface area contributed by atoms with Gasteiger partial charge in [0.2, 0.25) is 5.56 Å². The molecule has 0 aliphatic rings. The van der Waals surface area contributed by atoms with E-state index in [1.165, 1.54) is 12.0 Å². The molecule has 1 heterocycles. The van der Waals surface area contributed by atoms with Crippen LogP contribution in [0.3, 0.4) is 0 Å². The van der Waals surface area contributed by atoms with Crippen molar-refractivity contribution in [1.29, 1.82) is 0 Å². The number of para-hydroxylation sites is 1. The molecule has 2 nitrogen and oxygen atoms in total. The quantitative estimate of drug-likeness (QED) is 0.813. The third kappa shape index (κ3) is 2.09. The average molecular weight is 201 g/mol. The number of aromatic amines is 1. The molecule has 0 bridgehead atoms. The number of benzene rings is 1. The lowest BCUT2D eigenvalue weighted by Gasteiger charge is -2.04. The van der Waals surface area contributed by atoms with Crippen LogP contribution in [0.15, 0.2) is 35.1 Å². The van der Waals surface area contributed by atoms with Gasteiger partial charge in [-0.2, -0.15) is 0 Å². The Morgan fingerprint density at radius 1 is 1.20 bits per heavy atom. The van der Waals surface area contributed by atoms with E-state index in [2.05, 4.69) is 18.0 Å². The van der Waals surface area contributed by atoms with Crippen LogP contribution >= 0.6 is 0 Å². The van der Waals surface area contributed by atoms with E-state index < -0.39 is 0 Å². The molecule has 1 aromatic carbocycles. The van der Waals surface area contributed by atoms with Crippen molar-refractivity contribution in [2.24, 2.45) is 0 Å². The molecule has 0 saturated carbocycles. The van der Waals surface area contributed by atoms with Gasteiger partial charge in [-0.3, -0.25) is 4.79 Å². The predicted octanol–water partition coefficient (Wildman–Crippen LogP) is 2.87. The van der Waals surface area contributed by atoms with Crippen LogP contribution < -0.4 is 5.56 Å². The fraction of sp³-hybridized carbons (Fsp3) is 0.308. The molecule has 0 saturated heterocycles. The smallest absolute Gasteiger partial charge is 0.248 e. The van der Waals surface area contributed by atoms with Gasteiger partial charge in [0, 0.05) is 6.07 Å². The third-order valence-corrected chi connectivity index (χ3v) is 2.65. The van der Waals surface area contributed by atoms with Crippen molar-refractivity contribution in [3.63, 3.8) is 0 Å². The van der Waals surface area contributed by atoms with Crippen LogP contribution in [0.1, 0.15) is 25.3 Å². The molecule has 1 N–H and O–H groups in total. The Balaban J connectivity index is 2.53. The van der Waals surface area contributed by atoms with Crippen LogP contribution in [0.2, 0.25) is 0 Å². The highest BCUT2D eigenvalue weighted by Gasteiger charge is 2.00. The van der Waals surface area contributed by atoms with Crippen LogP contribution in [0.5, 0.6) is 0 Å². The lowest BCUT2D eigenvalue weighted by molar-refractivity contribution is 0.797. The molecule has 1 aromatic heterocycles. The van der Waals surface area contributed by atoms with Gasteiger partial charge in [-0.05, 0) is 29.9 Å². The number of nitrogens with one attached hydrogen (secondary N) is 1. The summed E-state index contributed by atoms with van der Waals surface area (Å²) in [4.78, 5) is 14.2. The standard InChI is InChI=1S/C13H15NO/c1-2-3-5-10-6-4-7-11-8-9-12(15)14-13(10)11/h4,6-9H,2-3,5H2,1H3,(H,14,15). The molecule has 15 heavy (non-hydrogen) atoms. The zero-order valence-electron chi connectivity index (χ0n) is 8.92. The molecule has 0 unspecified atom stereocenters. The molecular formula is C13H15NO. The number of unbranched alkanes of at least 4 members (excludes halogenated alkanes) is 1. The Bertz CT molecular complexity index is 513. The number of rotatable bonds is 3. The number of fused-ring (bicyclic) bond motifs is 1. The van der Waals surface area contributed by atoms with E-state index in [0.29, 0.717) is 0 Å². The largest absolute Gasteiger partial charge is 0.322 e. The SMILES string of the molecule is CCCCc1cccc2ccc(=O)[nH]c12. The molecule has 0 radical (unpaired) electrons. The number of hydrogen-bond acceptors (Lipinski definition) is 1. The Kier molecular flexibility index (Phi) is 2.86. The number of hydrogen-bond donors (Lipinski definition) is 1. The summed E-state index contributed by atoms with van der Waals surface area (Å²) in [6.07, 6.45) is 3.37. The molecule has 78 valence electrons. The van der Waals surface area contributed by atoms with E-state index >= 15 is 0 Å². The first kappa shape index (κ1) is 9.97. The molecule has 0 atom stereocenters. The Hall–Kier alpha value is -1.57. The number of aryl methyl sites for hydroxylation is 1. The van der Waals surface area contributed by atoms with Crippen molar-refractivity contribution in [2.45, 2.75) is 26.2 Å². The summed E-state index contributed by atoms with van der Waals surface area (Å²) >= 11 is 0. The summed E-state index contributed by atoms with van der Waals surface area (Å²) in [5, 5.41) is 1.11. The number of aromatic nitrogens is 1. The normalized spacial score (nSPS) is 10.7. The number of pyridine rings is 1. The summed E-state index contributed by atoms with van der Waals surface area (Å²) in [6.45, 7) is 2.17. The van der Waals surface area contributed by atoms with Gasteiger partial charge < -0.3 is 4.98 Å². The van der Waals surface area contributed by atoms with Gasteiger partial charge in [-0.15, -0.1) is 0 Å². The van der Waals surface area contributed by atoms with E-state index in [0.717, 1.165) is 23.7 Å². The fourth-order valence-electron chi connectivity index (χ4n) is 1.82. The first-order valence-electron chi connectivity index (χ1n) is 5.42. The minimum atomic E-state index is -0.0218. The summed E-state index contributed by atoms with van der Waals surface area (Å²) < 4.78 is 0. The van der Waals surface area contributed by atoms with E-state index in [9.17, 15) is 4.79 Å². The van der Waals surface area contributed by atoms with Gasteiger partial charge in [0.15, 0.2) is 0 Å². The maximum absolute atomic E-state index is 11.3. The maximum Gasteiger partial charge on any atom is 0.248 e. The van der Waals surface area contributed by atoms with Crippen LogP contribution in [-0.4, -0.2) is 4.98 Å². The van der Waals surface area contributed by atoms with Gasteiger partial charge in [-0.25, -0.2) is 0 Å². The molecule has 0 aliphatic heterocycles. The molecule has 0 amide bonds. The number of H-pyrrole nitrogens is 1. The van der Waals surface area contributed by atoms with Gasteiger partial charge in [0.05, 0.1) is 5.52 Å². The molecule has 0 spiro atoms. The second kappa shape index (κ2) is 4.30. The van der Waals surface area contributed by atoms with Crippen molar-refractivity contribution in [3.05, 3.63) is 46.2 Å². The van der Waals surface area contributed by atoms with Crippen LogP contribution in [0.4, 0.5) is 0 Å². The van der Waals surface area contributed by atoms with Gasteiger partial charge in [0.1, 0.15) is 0 Å². The first-order valence-corrected chi connectivity index (χ1v) is 5.42. The summed E-state index contributed by atoms with van der Waals surface area (Å²) in [5.74, 6) is 0. The molecule has 2 heteroatoms. The summed E-state index contributed by atoms with van der Waals surface area (Å²) in [7, 11) is 0. The van der Waals surface area contributed by atoms with Crippen molar-refractivity contribution in [2.75, 3.05) is 0 Å². The zero-order chi connectivity index (χ0) is 10.7. The topological polar surface area (TPSA) is 32.9 Å². The van der Waals surface area contributed by atoms with E-state index in [1.807, 2.05) is 18.2 Å². The Morgan fingerprint density at radius 2 is 2.07 bits per heavy atom.